The summed E-state index contributed by atoms with van der Waals surface area (Å²) in [6.07, 6.45) is 5.05. The summed E-state index contributed by atoms with van der Waals surface area (Å²) >= 11 is 3.19. The fourth-order valence-electron chi connectivity index (χ4n) is 2.64. The van der Waals surface area contributed by atoms with Crippen LogP contribution in [-0.2, 0) is 4.74 Å². The maximum absolute atomic E-state index is 11.0. The molecule has 2 bridgehead atoms. The van der Waals surface area contributed by atoms with Gasteiger partial charge in [0.2, 0.25) is 5.82 Å². The summed E-state index contributed by atoms with van der Waals surface area (Å²) in [6, 6.07) is 1.60. The molecule has 0 saturated carbocycles. The molecule has 18 heavy (non-hydrogen) atoms. The van der Waals surface area contributed by atoms with Crippen molar-refractivity contribution in [2.45, 2.75) is 37.5 Å². The Morgan fingerprint density at radius 2 is 2.39 bits per heavy atom. The third kappa shape index (κ3) is 2.08. The maximum Gasteiger partial charge on any atom is 0.312 e. The van der Waals surface area contributed by atoms with Gasteiger partial charge in [-0.1, -0.05) is 0 Å². The third-order valence-corrected chi connectivity index (χ3v) is 3.89. The molecule has 1 aromatic heterocycles. The lowest BCUT2D eigenvalue weighted by Crippen LogP contribution is -2.31. The fourth-order valence-corrected chi connectivity index (χ4v) is 2.96. The zero-order valence-electron chi connectivity index (χ0n) is 9.51. The van der Waals surface area contributed by atoms with E-state index in [4.69, 9.17) is 4.74 Å². The van der Waals surface area contributed by atoms with Crippen LogP contribution in [0.5, 0.6) is 0 Å². The zero-order chi connectivity index (χ0) is 12.7. The minimum absolute atomic E-state index is 0.00727. The zero-order valence-corrected chi connectivity index (χ0v) is 11.1. The second kappa shape index (κ2) is 4.47. The first kappa shape index (κ1) is 11.9. The summed E-state index contributed by atoms with van der Waals surface area (Å²) in [7, 11) is 0. The second-order valence-electron chi connectivity index (χ2n) is 4.64. The van der Waals surface area contributed by atoms with Crippen molar-refractivity contribution in [2.75, 3.05) is 5.32 Å². The van der Waals surface area contributed by atoms with E-state index >= 15 is 0 Å². The Kier molecular flexibility index (Phi) is 2.95. The van der Waals surface area contributed by atoms with Crippen LogP contribution in [0.1, 0.15) is 19.3 Å². The molecule has 2 saturated heterocycles. The van der Waals surface area contributed by atoms with Crippen molar-refractivity contribution in [1.82, 2.24) is 4.98 Å². The van der Waals surface area contributed by atoms with E-state index in [0.29, 0.717) is 16.4 Å². The largest absolute Gasteiger partial charge is 0.373 e. The molecule has 2 aliphatic rings. The average molecular weight is 314 g/mol. The number of aromatic nitrogens is 1. The molecule has 1 aromatic rings. The van der Waals surface area contributed by atoms with Crippen molar-refractivity contribution >= 4 is 27.4 Å². The van der Waals surface area contributed by atoms with E-state index in [1.54, 1.807) is 6.20 Å². The van der Waals surface area contributed by atoms with E-state index in [2.05, 4.69) is 26.2 Å². The van der Waals surface area contributed by atoms with Gasteiger partial charge in [-0.25, -0.2) is 4.98 Å². The van der Waals surface area contributed by atoms with Crippen molar-refractivity contribution in [3.8, 4) is 0 Å². The Morgan fingerprint density at radius 3 is 3.00 bits per heavy atom. The lowest BCUT2D eigenvalue weighted by atomic mass is 9.95. The number of pyridine rings is 1. The van der Waals surface area contributed by atoms with E-state index in [1.165, 1.54) is 6.07 Å². The minimum atomic E-state index is -0.422. The number of halogens is 1. The molecule has 2 fully saturated rings. The Hall–Kier alpha value is -1.21. The van der Waals surface area contributed by atoms with Crippen LogP contribution < -0.4 is 5.32 Å². The molecule has 0 radical (unpaired) electrons. The molecular formula is C11H12BrN3O3. The number of nitrogens with one attached hydrogen (secondary N) is 1. The summed E-state index contributed by atoms with van der Waals surface area (Å²) in [5.41, 5.74) is -0.00727. The highest BCUT2D eigenvalue weighted by Gasteiger charge is 2.41. The third-order valence-electron chi connectivity index (χ3n) is 3.46. The van der Waals surface area contributed by atoms with Gasteiger partial charge in [-0.3, -0.25) is 10.1 Å². The van der Waals surface area contributed by atoms with E-state index in [-0.39, 0.29) is 17.8 Å². The van der Waals surface area contributed by atoms with Gasteiger partial charge >= 0.3 is 5.69 Å². The highest BCUT2D eigenvalue weighted by Crippen LogP contribution is 2.37. The van der Waals surface area contributed by atoms with Gasteiger partial charge in [-0.05, 0) is 35.2 Å². The van der Waals surface area contributed by atoms with Crippen LogP contribution in [0.3, 0.4) is 0 Å². The number of nitrogens with zero attached hydrogens (tertiary/aromatic N) is 2. The molecule has 96 valence electrons. The Morgan fingerprint density at radius 1 is 1.56 bits per heavy atom. The maximum atomic E-state index is 11.0. The van der Waals surface area contributed by atoms with Crippen molar-refractivity contribution in [3.63, 3.8) is 0 Å². The molecule has 3 rings (SSSR count). The van der Waals surface area contributed by atoms with Crippen LogP contribution in [0.25, 0.3) is 0 Å². The highest BCUT2D eigenvalue weighted by atomic mass is 79.9. The van der Waals surface area contributed by atoms with Crippen LogP contribution in [-0.4, -0.2) is 28.2 Å². The molecule has 0 aliphatic carbocycles. The molecule has 0 amide bonds. The highest BCUT2D eigenvalue weighted by molar-refractivity contribution is 9.10. The molecule has 0 aromatic carbocycles. The van der Waals surface area contributed by atoms with Crippen molar-refractivity contribution < 1.29 is 9.66 Å². The normalized spacial score (nSPS) is 29.5. The van der Waals surface area contributed by atoms with E-state index in [9.17, 15) is 10.1 Å². The molecule has 2 aliphatic heterocycles. The van der Waals surface area contributed by atoms with Gasteiger partial charge in [0.15, 0.2) is 0 Å². The van der Waals surface area contributed by atoms with Crippen LogP contribution in [0.4, 0.5) is 11.5 Å². The van der Waals surface area contributed by atoms with Gasteiger partial charge in [0.25, 0.3) is 0 Å². The summed E-state index contributed by atoms with van der Waals surface area (Å²) in [4.78, 5) is 14.6. The van der Waals surface area contributed by atoms with Crippen molar-refractivity contribution in [3.05, 3.63) is 26.9 Å². The van der Waals surface area contributed by atoms with Crippen molar-refractivity contribution in [2.24, 2.45) is 0 Å². The van der Waals surface area contributed by atoms with Crippen LogP contribution in [0.2, 0.25) is 0 Å². The number of nitro groups is 1. The molecule has 7 heteroatoms. The number of anilines is 1. The molecule has 3 atom stereocenters. The molecule has 3 heterocycles. The van der Waals surface area contributed by atoms with Gasteiger partial charge in [0.1, 0.15) is 0 Å². The lowest BCUT2D eigenvalue weighted by molar-refractivity contribution is -0.384. The summed E-state index contributed by atoms with van der Waals surface area (Å²) in [6.45, 7) is 0. The van der Waals surface area contributed by atoms with Crippen LogP contribution >= 0.6 is 15.9 Å². The quantitative estimate of drug-likeness (QED) is 0.685. The van der Waals surface area contributed by atoms with Gasteiger partial charge < -0.3 is 10.1 Å². The number of fused-ring (bicyclic) bond motifs is 2. The number of hydrogen-bond donors (Lipinski definition) is 1. The molecular weight excluding hydrogens is 302 g/mol. The van der Waals surface area contributed by atoms with Gasteiger partial charge in [-0.15, -0.1) is 0 Å². The Balaban J connectivity index is 1.82. The topological polar surface area (TPSA) is 77.3 Å². The summed E-state index contributed by atoms with van der Waals surface area (Å²) < 4.78 is 6.31. The van der Waals surface area contributed by atoms with E-state index in [1.807, 2.05) is 0 Å². The monoisotopic (exact) mass is 313 g/mol. The summed E-state index contributed by atoms with van der Waals surface area (Å²) in [5.74, 6) is 0.323. The van der Waals surface area contributed by atoms with Gasteiger partial charge in [0.05, 0.1) is 23.2 Å². The smallest absolute Gasteiger partial charge is 0.312 e. The fraction of sp³-hybridized carbons (Fsp3) is 0.545. The van der Waals surface area contributed by atoms with E-state index in [0.717, 1.165) is 19.3 Å². The molecule has 1 N–H and O–H groups in total. The average Bonchev–Trinajstić information content (AvgIpc) is 2.93. The first-order chi connectivity index (χ1) is 8.63. The molecule has 0 spiro atoms. The number of ether oxygens (including phenoxy) is 1. The number of rotatable bonds is 3. The van der Waals surface area contributed by atoms with Gasteiger partial charge in [0, 0.05) is 16.7 Å². The molecule has 6 nitrogen and oxygen atoms in total. The first-order valence-corrected chi connectivity index (χ1v) is 6.64. The molecule has 3 unspecified atom stereocenters. The van der Waals surface area contributed by atoms with Crippen LogP contribution in [0, 0.1) is 10.1 Å². The minimum Gasteiger partial charge on any atom is -0.373 e. The first-order valence-electron chi connectivity index (χ1n) is 5.85. The standard InChI is InChI=1S/C11H12BrN3O3/c12-6-3-9(15(16)17)11(13-5-6)14-8-4-7-1-2-10(8)18-7/h3,5,7-8,10H,1-2,4H2,(H,13,14). The second-order valence-corrected chi connectivity index (χ2v) is 5.55. The van der Waals surface area contributed by atoms with E-state index < -0.39 is 4.92 Å². The SMILES string of the molecule is O=[N+]([O-])c1cc(Br)cnc1NC1CC2CCC1O2. The predicted octanol–water partition coefficient (Wildman–Crippen LogP) is 2.48. The lowest BCUT2D eigenvalue weighted by Gasteiger charge is -2.20. The van der Waals surface area contributed by atoms with Gasteiger partial charge in [-0.2, -0.15) is 0 Å². The Labute approximate surface area is 112 Å². The van der Waals surface area contributed by atoms with Crippen molar-refractivity contribution in [1.29, 1.82) is 0 Å². The number of hydrogen-bond acceptors (Lipinski definition) is 5. The summed E-state index contributed by atoms with van der Waals surface area (Å²) in [5, 5.41) is 14.1. The van der Waals surface area contributed by atoms with Crippen LogP contribution in [0.15, 0.2) is 16.7 Å². The Bertz CT molecular complexity index is 496. The predicted molar refractivity (Wildman–Crippen MR) is 68.5 cm³/mol.